The standard InChI is InChI=1S/C32H50NO3/c1-5-7-8-9-10-11-13-18-28-21-23-30(24-22-28)35-25-16-17-26-36-32(34)31(6-2)33(3,4)27-29-19-14-12-15-20-29/h12,14-15,19-24,31H,5-11,13,16-18,25-27H2,1-4H3/q+1. The summed E-state index contributed by atoms with van der Waals surface area (Å²) in [7, 11) is 4.21. The number of quaternary nitrogens is 1. The number of likely N-dealkylation sites (N-methyl/N-ethyl adjacent to an activating group) is 1. The molecule has 36 heavy (non-hydrogen) atoms. The molecule has 0 amide bonds. The Balaban J connectivity index is 1.59. The number of carbonyl (C=O) groups is 1. The van der Waals surface area contributed by atoms with E-state index in [1.54, 1.807) is 0 Å². The van der Waals surface area contributed by atoms with Gasteiger partial charge in [0.1, 0.15) is 12.3 Å². The quantitative estimate of drug-likeness (QED) is 0.113. The number of aryl methyl sites for hydroxylation is 1. The molecule has 0 spiro atoms. The highest BCUT2D eigenvalue weighted by Gasteiger charge is 2.34. The maximum atomic E-state index is 12.8. The molecule has 0 saturated carbocycles. The summed E-state index contributed by atoms with van der Waals surface area (Å²) in [5.41, 5.74) is 2.62. The number of unbranched alkanes of at least 4 members (excludes halogenated alkanes) is 7. The average molecular weight is 497 g/mol. The largest absolute Gasteiger partial charge is 0.494 e. The van der Waals surface area contributed by atoms with Crippen molar-refractivity contribution in [3.8, 4) is 5.75 Å². The van der Waals surface area contributed by atoms with Crippen LogP contribution in [0.5, 0.6) is 5.75 Å². The first-order valence-corrected chi connectivity index (χ1v) is 14.2. The van der Waals surface area contributed by atoms with Crippen molar-refractivity contribution in [2.75, 3.05) is 27.3 Å². The minimum Gasteiger partial charge on any atom is -0.494 e. The first-order chi connectivity index (χ1) is 17.5. The normalized spacial score (nSPS) is 12.3. The molecular formula is C32H50NO3+. The van der Waals surface area contributed by atoms with Crippen molar-refractivity contribution in [2.45, 2.75) is 97.1 Å². The van der Waals surface area contributed by atoms with E-state index in [0.29, 0.717) is 17.7 Å². The van der Waals surface area contributed by atoms with Crippen molar-refractivity contribution in [1.29, 1.82) is 0 Å². The van der Waals surface area contributed by atoms with Gasteiger partial charge in [-0.25, -0.2) is 4.79 Å². The van der Waals surface area contributed by atoms with Gasteiger partial charge in [-0.3, -0.25) is 0 Å². The minimum atomic E-state index is -0.166. The molecule has 2 rings (SSSR count). The van der Waals surface area contributed by atoms with Crippen molar-refractivity contribution in [3.63, 3.8) is 0 Å². The summed E-state index contributed by atoms with van der Waals surface area (Å²) in [5.74, 6) is 0.817. The fourth-order valence-corrected chi connectivity index (χ4v) is 4.81. The van der Waals surface area contributed by atoms with Crippen LogP contribution in [0.15, 0.2) is 54.6 Å². The predicted molar refractivity (Wildman–Crippen MR) is 150 cm³/mol. The van der Waals surface area contributed by atoms with Gasteiger partial charge in [0.05, 0.1) is 27.3 Å². The third-order valence-corrected chi connectivity index (χ3v) is 6.98. The summed E-state index contributed by atoms with van der Waals surface area (Å²) in [6.07, 6.45) is 13.0. The van der Waals surface area contributed by atoms with E-state index in [0.717, 1.165) is 38.0 Å². The Morgan fingerprint density at radius 1 is 0.750 bits per heavy atom. The summed E-state index contributed by atoms with van der Waals surface area (Å²) in [6.45, 7) is 6.22. The van der Waals surface area contributed by atoms with Gasteiger partial charge >= 0.3 is 5.97 Å². The first-order valence-electron chi connectivity index (χ1n) is 14.2. The maximum absolute atomic E-state index is 12.8. The third-order valence-electron chi connectivity index (χ3n) is 6.98. The molecule has 0 aliphatic rings. The van der Waals surface area contributed by atoms with Crippen LogP contribution in [0.25, 0.3) is 0 Å². The maximum Gasteiger partial charge on any atom is 0.364 e. The Labute approximate surface area is 220 Å². The van der Waals surface area contributed by atoms with E-state index < -0.39 is 0 Å². The lowest BCUT2D eigenvalue weighted by Gasteiger charge is -2.36. The number of carbonyl (C=O) groups excluding carboxylic acids is 1. The molecule has 2 aromatic rings. The van der Waals surface area contributed by atoms with E-state index in [2.05, 4.69) is 64.3 Å². The Kier molecular flexibility index (Phi) is 14.3. The highest BCUT2D eigenvalue weighted by atomic mass is 16.5. The molecule has 0 heterocycles. The van der Waals surface area contributed by atoms with Gasteiger partial charge in [0.25, 0.3) is 0 Å². The van der Waals surface area contributed by atoms with Gasteiger partial charge in [-0.05, 0) is 43.4 Å². The molecule has 0 saturated heterocycles. The van der Waals surface area contributed by atoms with Crippen molar-refractivity contribution >= 4 is 5.97 Å². The molecule has 0 fully saturated rings. The lowest BCUT2D eigenvalue weighted by Crippen LogP contribution is -2.52. The molecule has 0 bridgehead atoms. The fourth-order valence-electron chi connectivity index (χ4n) is 4.81. The minimum absolute atomic E-state index is 0.101. The smallest absolute Gasteiger partial charge is 0.364 e. The van der Waals surface area contributed by atoms with Gasteiger partial charge in [0.15, 0.2) is 6.04 Å². The average Bonchev–Trinajstić information content (AvgIpc) is 2.87. The number of hydrogen-bond acceptors (Lipinski definition) is 3. The second-order valence-corrected chi connectivity index (χ2v) is 10.6. The van der Waals surface area contributed by atoms with E-state index >= 15 is 0 Å². The van der Waals surface area contributed by atoms with Gasteiger partial charge in [-0.15, -0.1) is 0 Å². The van der Waals surface area contributed by atoms with Gasteiger partial charge in [-0.2, -0.15) is 0 Å². The molecule has 0 radical (unpaired) electrons. The van der Waals surface area contributed by atoms with Gasteiger partial charge in [-0.1, -0.05) is 94.8 Å². The zero-order chi connectivity index (χ0) is 26.1. The van der Waals surface area contributed by atoms with Crippen LogP contribution in [-0.2, 0) is 22.5 Å². The van der Waals surface area contributed by atoms with Crippen LogP contribution in [-0.4, -0.2) is 43.8 Å². The van der Waals surface area contributed by atoms with Crippen LogP contribution in [0.3, 0.4) is 0 Å². The Morgan fingerprint density at radius 2 is 1.39 bits per heavy atom. The molecule has 0 aliphatic carbocycles. The Morgan fingerprint density at radius 3 is 2.06 bits per heavy atom. The van der Waals surface area contributed by atoms with Crippen molar-refractivity contribution in [2.24, 2.45) is 0 Å². The number of nitrogens with zero attached hydrogens (tertiary/aromatic N) is 1. The number of rotatable bonds is 19. The molecule has 0 aliphatic heterocycles. The number of benzene rings is 2. The second-order valence-electron chi connectivity index (χ2n) is 10.6. The van der Waals surface area contributed by atoms with E-state index in [1.807, 2.05) is 18.2 Å². The number of esters is 1. The van der Waals surface area contributed by atoms with Crippen LogP contribution in [0.2, 0.25) is 0 Å². The molecule has 200 valence electrons. The summed E-state index contributed by atoms with van der Waals surface area (Å²) in [6, 6.07) is 18.7. The summed E-state index contributed by atoms with van der Waals surface area (Å²) < 4.78 is 12.1. The van der Waals surface area contributed by atoms with Crippen LogP contribution in [0.4, 0.5) is 0 Å². The number of hydrogen-bond donors (Lipinski definition) is 0. The lowest BCUT2D eigenvalue weighted by atomic mass is 10.0. The van der Waals surface area contributed by atoms with Gasteiger partial charge < -0.3 is 14.0 Å². The number of ether oxygens (including phenoxy) is 2. The summed E-state index contributed by atoms with van der Waals surface area (Å²) in [4.78, 5) is 12.8. The van der Waals surface area contributed by atoms with Crippen molar-refractivity contribution in [3.05, 3.63) is 65.7 Å². The van der Waals surface area contributed by atoms with Crippen molar-refractivity contribution in [1.82, 2.24) is 0 Å². The highest BCUT2D eigenvalue weighted by molar-refractivity contribution is 5.74. The van der Waals surface area contributed by atoms with E-state index in [-0.39, 0.29) is 12.0 Å². The Bertz CT molecular complexity index is 832. The molecule has 0 N–H and O–H groups in total. The monoisotopic (exact) mass is 496 g/mol. The third kappa shape index (κ3) is 11.6. The van der Waals surface area contributed by atoms with E-state index in [4.69, 9.17) is 9.47 Å². The molecule has 4 heteroatoms. The van der Waals surface area contributed by atoms with E-state index in [1.165, 1.54) is 56.1 Å². The van der Waals surface area contributed by atoms with Gasteiger partial charge in [0.2, 0.25) is 0 Å². The zero-order valence-electron chi connectivity index (χ0n) is 23.3. The Hall–Kier alpha value is -2.33. The molecule has 2 aromatic carbocycles. The topological polar surface area (TPSA) is 35.5 Å². The summed E-state index contributed by atoms with van der Waals surface area (Å²) >= 11 is 0. The van der Waals surface area contributed by atoms with Gasteiger partial charge in [0, 0.05) is 12.0 Å². The van der Waals surface area contributed by atoms with E-state index in [9.17, 15) is 4.79 Å². The zero-order valence-corrected chi connectivity index (χ0v) is 23.3. The SMILES string of the molecule is CCCCCCCCCc1ccc(OCCCCOC(=O)C(CC)[N+](C)(C)Cc2ccccc2)cc1. The van der Waals surface area contributed by atoms with Crippen LogP contribution < -0.4 is 4.74 Å². The molecule has 1 atom stereocenters. The highest BCUT2D eigenvalue weighted by Crippen LogP contribution is 2.19. The predicted octanol–water partition coefficient (Wildman–Crippen LogP) is 7.74. The first kappa shape index (κ1) is 29.9. The molecule has 1 unspecified atom stereocenters. The van der Waals surface area contributed by atoms with Crippen molar-refractivity contribution < 1.29 is 18.8 Å². The second kappa shape index (κ2) is 17.2. The molecule has 0 aromatic heterocycles. The van der Waals surface area contributed by atoms with Crippen LogP contribution in [0, 0.1) is 0 Å². The van der Waals surface area contributed by atoms with Crippen LogP contribution in [0.1, 0.15) is 89.2 Å². The van der Waals surface area contributed by atoms with Crippen LogP contribution >= 0.6 is 0 Å². The molecular weight excluding hydrogens is 446 g/mol. The lowest BCUT2D eigenvalue weighted by molar-refractivity contribution is -0.919. The fraction of sp³-hybridized carbons (Fsp3) is 0.594. The molecule has 4 nitrogen and oxygen atoms in total. The summed E-state index contributed by atoms with van der Waals surface area (Å²) in [5, 5.41) is 0.